The molecule has 2 aliphatic carbocycles. The van der Waals surface area contributed by atoms with Gasteiger partial charge >= 0.3 is 5.97 Å². The molecule has 5 heteroatoms. The van der Waals surface area contributed by atoms with Gasteiger partial charge in [-0.15, -0.1) is 11.8 Å². The van der Waals surface area contributed by atoms with E-state index in [0.717, 1.165) is 25.7 Å². The molecule has 3 aliphatic rings. The monoisotopic (exact) mass is 354 g/mol. The van der Waals surface area contributed by atoms with Crippen LogP contribution in [0, 0.1) is 5.92 Å². The van der Waals surface area contributed by atoms with Crippen LogP contribution in [0.3, 0.4) is 0 Å². The fourth-order valence-electron chi connectivity index (χ4n) is 4.10. The van der Waals surface area contributed by atoms with Crippen LogP contribution in [0.4, 0.5) is 0 Å². The van der Waals surface area contributed by atoms with Gasteiger partial charge < -0.3 is 14.2 Å². The number of hydrogen-bond acceptors (Lipinski definition) is 5. The van der Waals surface area contributed by atoms with Crippen molar-refractivity contribution in [3.8, 4) is 0 Å². The Kier molecular flexibility index (Phi) is 5.07. The summed E-state index contributed by atoms with van der Waals surface area (Å²) >= 11 is 1.59. The molecule has 0 radical (unpaired) electrons. The van der Waals surface area contributed by atoms with Gasteiger partial charge in [0.05, 0.1) is 12.7 Å². The molecule has 0 unspecified atom stereocenters. The molecule has 3 rings (SSSR count). The molecule has 4 nitrogen and oxygen atoms in total. The summed E-state index contributed by atoms with van der Waals surface area (Å²) in [5, 5.41) is 0. The van der Waals surface area contributed by atoms with Gasteiger partial charge in [-0.05, 0) is 46.3 Å². The zero-order valence-corrected chi connectivity index (χ0v) is 16.1. The van der Waals surface area contributed by atoms with Crippen LogP contribution in [0.25, 0.3) is 0 Å². The standard InChI is InChI=1S/C19H30O4S/c1-17(2,3)23-16(20)19(24-4)12-8-9-14(19)15-13-21-18(22-15)10-6-5-7-11-18/h8-9,14-15H,5-7,10-13H2,1-4H3/t14-,15-,19+/m1/s1. The summed E-state index contributed by atoms with van der Waals surface area (Å²) in [6, 6.07) is 0. The van der Waals surface area contributed by atoms with Crippen molar-refractivity contribution in [2.45, 2.75) is 81.5 Å². The van der Waals surface area contributed by atoms with Crippen molar-refractivity contribution in [2.24, 2.45) is 5.92 Å². The summed E-state index contributed by atoms with van der Waals surface area (Å²) in [7, 11) is 0. The number of carbonyl (C=O) groups is 1. The third-order valence-electron chi connectivity index (χ3n) is 5.30. The Morgan fingerprint density at radius 2 is 1.96 bits per heavy atom. The minimum Gasteiger partial charge on any atom is -0.459 e. The maximum Gasteiger partial charge on any atom is 0.323 e. The van der Waals surface area contributed by atoms with Crippen LogP contribution in [-0.4, -0.2) is 41.1 Å². The van der Waals surface area contributed by atoms with Crippen molar-refractivity contribution in [3.63, 3.8) is 0 Å². The van der Waals surface area contributed by atoms with Crippen LogP contribution in [0.5, 0.6) is 0 Å². The van der Waals surface area contributed by atoms with Crippen molar-refractivity contribution in [1.82, 2.24) is 0 Å². The third kappa shape index (κ3) is 3.40. The highest BCUT2D eigenvalue weighted by Crippen LogP contribution is 2.49. The first kappa shape index (κ1) is 18.3. The van der Waals surface area contributed by atoms with Gasteiger partial charge in [0.25, 0.3) is 0 Å². The molecule has 1 saturated carbocycles. The van der Waals surface area contributed by atoms with E-state index in [1.54, 1.807) is 11.8 Å². The maximum absolute atomic E-state index is 13.0. The SMILES string of the molecule is CS[C@@]1(C(=O)OC(C)(C)C)CC=C[C@@H]1[C@H]1COC2(CCCCC2)O1. The molecule has 0 bridgehead atoms. The summed E-state index contributed by atoms with van der Waals surface area (Å²) < 4.78 is 17.7. The highest BCUT2D eigenvalue weighted by atomic mass is 32.2. The lowest BCUT2D eigenvalue weighted by Crippen LogP contribution is -2.48. The number of allylic oxidation sites excluding steroid dienone is 1. The lowest BCUT2D eigenvalue weighted by Gasteiger charge is -2.37. The number of esters is 1. The summed E-state index contributed by atoms with van der Waals surface area (Å²) in [5.74, 6) is -0.536. The van der Waals surface area contributed by atoms with E-state index in [1.807, 2.05) is 27.0 Å². The van der Waals surface area contributed by atoms with Crippen LogP contribution < -0.4 is 0 Å². The summed E-state index contributed by atoms with van der Waals surface area (Å²) in [4.78, 5) is 13.0. The van der Waals surface area contributed by atoms with E-state index in [2.05, 4.69) is 12.2 Å². The first-order chi connectivity index (χ1) is 11.3. The molecule has 0 aromatic carbocycles. The molecule has 24 heavy (non-hydrogen) atoms. The highest BCUT2D eigenvalue weighted by molar-refractivity contribution is 8.00. The molecule has 136 valence electrons. The second kappa shape index (κ2) is 6.65. The Balaban J connectivity index is 1.76. The predicted molar refractivity (Wildman–Crippen MR) is 96.0 cm³/mol. The minimum absolute atomic E-state index is 0.00338. The molecule has 0 aromatic rings. The first-order valence-electron chi connectivity index (χ1n) is 9.07. The normalized spacial score (nSPS) is 35.5. The van der Waals surface area contributed by atoms with Crippen molar-refractivity contribution < 1.29 is 19.0 Å². The second-order valence-corrected chi connectivity index (χ2v) is 9.33. The number of hydrogen-bond donors (Lipinski definition) is 0. The maximum atomic E-state index is 13.0. The van der Waals surface area contributed by atoms with E-state index in [1.165, 1.54) is 6.42 Å². The number of carbonyl (C=O) groups excluding carboxylic acids is 1. The quantitative estimate of drug-likeness (QED) is 0.564. The Morgan fingerprint density at radius 1 is 1.25 bits per heavy atom. The largest absolute Gasteiger partial charge is 0.459 e. The van der Waals surface area contributed by atoms with Crippen LogP contribution in [0.2, 0.25) is 0 Å². The van der Waals surface area contributed by atoms with Gasteiger partial charge in [-0.2, -0.15) is 0 Å². The Hall–Kier alpha value is -0.520. The summed E-state index contributed by atoms with van der Waals surface area (Å²) in [5.41, 5.74) is -0.482. The van der Waals surface area contributed by atoms with Crippen LogP contribution in [-0.2, 0) is 19.0 Å². The molecule has 0 amide bonds. The minimum atomic E-state index is -0.596. The lowest BCUT2D eigenvalue weighted by atomic mass is 9.89. The Morgan fingerprint density at radius 3 is 2.58 bits per heavy atom. The van der Waals surface area contributed by atoms with E-state index in [9.17, 15) is 4.79 Å². The fourth-order valence-corrected chi connectivity index (χ4v) is 5.07. The van der Waals surface area contributed by atoms with Crippen LogP contribution >= 0.6 is 11.8 Å². The zero-order chi connectivity index (χ0) is 17.4. The highest BCUT2D eigenvalue weighted by Gasteiger charge is 2.55. The number of rotatable bonds is 3. The van der Waals surface area contributed by atoms with Crippen molar-refractivity contribution in [2.75, 3.05) is 12.9 Å². The molecule has 1 saturated heterocycles. The van der Waals surface area contributed by atoms with E-state index < -0.39 is 16.1 Å². The Bertz CT molecular complexity index is 504. The Labute approximate surface area is 149 Å². The molecule has 1 spiro atoms. The smallest absolute Gasteiger partial charge is 0.323 e. The van der Waals surface area contributed by atoms with Crippen molar-refractivity contribution in [3.05, 3.63) is 12.2 Å². The number of thioether (sulfide) groups is 1. The molecule has 0 N–H and O–H groups in total. The van der Waals surface area contributed by atoms with Gasteiger partial charge in [-0.25, -0.2) is 0 Å². The lowest BCUT2D eigenvalue weighted by molar-refractivity contribution is -0.192. The van der Waals surface area contributed by atoms with Crippen molar-refractivity contribution in [1.29, 1.82) is 0 Å². The molecular weight excluding hydrogens is 324 g/mol. The molecule has 1 aliphatic heterocycles. The first-order valence-corrected chi connectivity index (χ1v) is 10.3. The van der Waals surface area contributed by atoms with Gasteiger partial charge in [-0.3, -0.25) is 4.79 Å². The van der Waals surface area contributed by atoms with Gasteiger partial charge in [0.1, 0.15) is 10.3 Å². The molecular formula is C19H30O4S. The van der Waals surface area contributed by atoms with Crippen molar-refractivity contribution >= 4 is 17.7 Å². The predicted octanol–water partition coefficient (Wildman–Crippen LogP) is 4.08. The summed E-state index contributed by atoms with van der Waals surface area (Å²) in [6.45, 7) is 6.33. The second-order valence-electron chi connectivity index (χ2n) is 8.19. The topological polar surface area (TPSA) is 44.8 Å². The van der Waals surface area contributed by atoms with E-state index in [-0.39, 0.29) is 18.0 Å². The summed E-state index contributed by atoms with van der Waals surface area (Å²) in [6.07, 6.45) is 12.4. The van der Waals surface area contributed by atoms with Gasteiger partial charge in [0.15, 0.2) is 5.79 Å². The van der Waals surface area contributed by atoms with E-state index in [0.29, 0.717) is 13.0 Å². The molecule has 2 fully saturated rings. The number of ether oxygens (including phenoxy) is 3. The molecule has 1 heterocycles. The van der Waals surface area contributed by atoms with Crippen LogP contribution in [0.1, 0.15) is 59.3 Å². The van der Waals surface area contributed by atoms with Gasteiger partial charge in [0.2, 0.25) is 0 Å². The average Bonchev–Trinajstić information content (AvgIpc) is 3.11. The third-order valence-corrected chi connectivity index (χ3v) is 6.64. The average molecular weight is 355 g/mol. The molecule has 0 aromatic heterocycles. The van der Waals surface area contributed by atoms with Gasteiger partial charge in [-0.1, -0.05) is 18.6 Å². The van der Waals surface area contributed by atoms with E-state index >= 15 is 0 Å². The van der Waals surface area contributed by atoms with E-state index in [4.69, 9.17) is 14.2 Å². The fraction of sp³-hybridized carbons (Fsp3) is 0.842. The van der Waals surface area contributed by atoms with Gasteiger partial charge in [0, 0.05) is 18.8 Å². The molecule has 3 atom stereocenters. The zero-order valence-electron chi connectivity index (χ0n) is 15.3. The van der Waals surface area contributed by atoms with Crippen LogP contribution in [0.15, 0.2) is 12.2 Å².